The summed E-state index contributed by atoms with van der Waals surface area (Å²) in [6.45, 7) is 30.3. The number of nitrogens with zero attached hydrogens (tertiary/aromatic N) is 10. The Labute approximate surface area is 482 Å². The Hall–Kier alpha value is -2.55. The van der Waals surface area contributed by atoms with Crippen LogP contribution in [-0.4, -0.2) is 49.8 Å². The van der Waals surface area contributed by atoms with Gasteiger partial charge in [0.1, 0.15) is 10.4 Å². The van der Waals surface area contributed by atoms with Crippen LogP contribution in [0.3, 0.4) is 0 Å². The Morgan fingerprint density at radius 3 is 1.19 bits per heavy atom. The normalized spacial score (nSPS) is 16.9. The highest BCUT2D eigenvalue weighted by atomic mass is 79.9. The predicted octanol–water partition coefficient (Wildman–Crippen LogP) is 17.8. The largest absolute Gasteiger partial charge is 0.309 e. The highest BCUT2D eigenvalue weighted by Gasteiger charge is 2.38. The van der Waals surface area contributed by atoms with E-state index in [1.165, 1.54) is 0 Å². The minimum Gasteiger partial charge on any atom is -0.236 e. The molecule has 5 fully saturated rings. The lowest BCUT2D eigenvalue weighted by Gasteiger charge is -2.21. The first kappa shape index (κ1) is 61.7. The third-order valence-corrected chi connectivity index (χ3v) is 15.5. The Kier molecular flexibility index (Phi) is 19.4. The molecule has 0 amide bonds. The van der Waals surface area contributed by atoms with E-state index in [0.717, 1.165) is 108 Å². The van der Waals surface area contributed by atoms with Crippen molar-refractivity contribution in [2.45, 2.75) is 225 Å². The van der Waals surface area contributed by atoms with Crippen molar-refractivity contribution in [2.75, 3.05) is 0 Å². The van der Waals surface area contributed by atoms with Crippen molar-refractivity contribution in [3.05, 3.63) is 110 Å². The maximum atomic E-state index is 14.1. The van der Waals surface area contributed by atoms with Gasteiger partial charge in [0.25, 0.3) is 0 Å². The molecule has 0 N–H and O–H groups in total. The van der Waals surface area contributed by atoms with Gasteiger partial charge in [0, 0.05) is 56.0 Å². The molecule has 5 aliphatic rings. The van der Waals surface area contributed by atoms with E-state index in [1.807, 2.05) is 104 Å². The van der Waals surface area contributed by atoms with Gasteiger partial charge in [-0.05, 0) is 156 Å². The summed E-state index contributed by atoms with van der Waals surface area (Å²) in [7, 11) is 0. The van der Waals surface area contributed by atoms with E-state index in [2.05, 4.69) is 129 Å². The summed E-state index contributed by atoms with van der Waals surface area (Å²) < 4.78 is 70.6. The first-order valence-electron chi connectivity index (χ1n) is 25.6. The van der Waals surface area contributed by atoms with Gasteiger partial charge in [-0.25, -0.2) is 44.3 Å². The molecule has 10 nitrogen and oxygen atoms in total. The van der Waals surface area contributed by atoms with Gasteiger partial charge < -0.3 is 0 Å². The number of hydrogen-bond acceptors (Lipinski definition) is 10. The van der Waals surface area contributed by atoms with Gasteiger partial charge in [-0.3, -0.25) is 0 Å². The summed E-state index contributed by atoms with van der Waals surface area (Å²) in [5.41, 5.74) is 6.09. The summed E-state index contributed by atoms with van der Waals surface area (Å²) in [5.74, 6) is 1.65. The summed E-state index contributed by atoms with van der Waals surface area (Å²) in [4.78, 5) is 40.2. The zero-order valence-corrected chi connectivity index (χ0v) is 53.6. The molecule has 5 saturated carbocycles. The molecule has 0 atom stereocenters. The van der Waals surface area contributed by atoms with Crippen LogP contribution in [0.4, 0.5) is 22.0 Å². The van der Waals surface area contributed by atoms with Gasteiger partial charge in [0.2, 0.25) is 11.9 Å². The summed E-state index contributed by atoms with van der Waals surface area (Å²) in [6.07, 6.45) is 9.69. The highest BCUT2D eigenvalue weighted by molar-refractivity contribution is 9.11. The molecule has 0 spiro atoms. The monoisotopic (exact) mass is 1360 g/mol. The number of hydrogen-bond donors (Lipinski definition) is 0. The lowest BCUT2D eigenvalue weighted by atomic mass is 9.87. The minimum absolute atomic E-state index is 0.135. The number of aromatic nitrogens is 10. The predicted molar refractivity (Wildman–Crippen MR) is 302 cm³/mol. The van der Waals surface area contributed by atoms with Crippen LogP contribution in [0.1, 0.15) is 254 Å². The fourth-order valence-electron chi connectivity index (χ4n) is 8.02. The van der Waals surface area contributed by atoms with Crippen molar-refractivity contribution < 1.29 is 22.0 Å². The first-order valence-corrected chi connectivity index (χ1v) is 29.6. The van der Waals surface area contributed by atoms with Crippen molar-refractivity contribution in [1.82, 2.24) is 49.8 Å². The molecule has 0 aromatic carbocycles. The molecule has 0 bridgehead atoms. The maximum absolute atomic E-state index is 14.1. The molecule has 5 aromatic rings. The van der Waals surface area contributed by atoms with Crippen molar-refractivity contribution in [3.8, 4) is 0 Å². The van der Waals surface area contributed by atoms with Crippen molar-refractivity contribution in [1.29, 1.82) is 0 Å². The molecular formula is C55H70Br5F5N10. The fraction of sp³-hybridized carbons (Fsp3) is 0.636. The van der Waals surface area contributed by atoms with Gasteiger partial charge in [0.15, 0.2) is 15.3 Å². The van der Waals surface area contributed by atoms with Gasteiger partial charge >= 0.3 is 12.2 Å². The van der Waals surface area contributed by atoms with Crippen LogP contribution in [0, 0.1) is 29.9 Å². The molecule has 5 aliphatic carbocycles. The van der Waals surface area contributed by atoms with Gasteiger partial charge in [0.05, 0.1) is 48.8 Å². The molecular weight excluding hydrogens is 1300 g/mol. The van der Waals surface area contributed by atoms with E-state index in [1.54, 1.807) is 0 Å². The van der Waals surface area contributed by atoms with E-state index in [4.69, 9.17) is 0 Å². The molecule has 5 heterocycles. The van der Waals surface area contributed by atoms with Gasteiger partial charge in [-0.2, -0.15) is 27.5 Å². The van der Waals surface area contributed by atoms with Crippen LogP contribution in [-0.2, 0) is 27.1 Å². The molecule has 75 heavy (non-hydrogen) atoms. The first-order chi connectivity index (χ1) is 34.5. The van der Waals surface area contributed by atoms with E-state index in [0.29, 0.717) is 65.3 Å². The standard InChI is InChI=1S/5C11H14BrFN2/c1-11(2,3)8-7(12)9(13)15-10(14-8)6-4-5-6;1-11(2,3)9-7(13)8(6-4-5-6)14-10(12)15-9;1-11(2,3)9-7(12)8(6-4-5-6)14-10(13)15-9;1-11(2,3)8-7(6-4-5-6)9(13)15-10(12)14-8;1-11(2,3)8-7(6-4-5-6)9(12)15-10(13)14-8/h5*6H,4-5H2,1-3H3. The third kappa shape index (κ3) is 17.0. The smallest absolute Gasteiger partial charge is 0.236 e. The molecule has 0 radical (unpaired) electrons. The minimum atomic E-state index is -0.642. The van der Waals surface area contributed by atoms with E-state index < -0.39 is 18.1 Å². The molecule has 0 aliphatic heterocycles. The number of halogens is 10. The average Bonchev–Trinajstić information content (AvgIpc) is 4.04. The molecule has 410 valence electrons. The van der Waals surface area contributed by atoms with E-state index in [-0.39, 0.29) is 38.8 Å². The molecule has 0 unspecified atom stereocenters. The second-order valence-corrected chi connectivity index (χ2v) is 29.1. The second-order valence-electron chi connectivity index (χ2n) is 25.3. The lowest BCUT2D eigenvalue weighted by molar-refractivity contribution is 0.486. The van der Waals surface area contributed by atoms with Crippen LogP contribution in [0.2, 0.25) is 0 Å². The van der Waals surface area contributed by atoms with E-state index in [9.17, 15) is 22.0 Å². The fourth-order valence-corrected chi connectivity index (χ4v) is 11.2. The zero-order valence-electron chi connectivity index (χ0n) is 45.7. The van der Waals surface area contributed by atoms with Crippen LogP contribution >= 0.6 is 79.6 Å². The molecule has 0 saturated heterocycles. The average molecular weight is 1370 g/mol. The third-order valence-electron chi connectivity index (χ3n) is 12.7. The molecule has 20 heteroatoms. The van der Waals surface area contributed by atoms with Crippen molar-refractivity contribution in [2.24, 2.45) is 0 Å². The molecule has 5 aromatic heterocycles. The van der Waals surface area contributed by atoms with Gasteiger partial charge in [-0.15, -0.1) is 0 Å². The quantitative estimate of drug-likeness (QED) is 0.0953. The maximum Gasteiger partial charge on any atom is 0.309 e. The lowest BCUT2D eigenvalue weighted by Crippen LogP contribution is -2.19. The summed E-state index contributed by atoms with van der Waals surface area (Å²) in [5, 5.41) is 0. The van der Waals surface area contributed by atoms with Crippen molar-refractivity contribution >= 4 is 79.6 Å². The summed E-state index contributed by atoms with van der Waals surface area (Å²) >= 11 is 16.5. The Morgan fingerprint density at radius 1 is 0.333 bits per heavy atom. The second kappa shape index (κ2) is 23.7. The zero-order chi connectivity index (χ0) is 56.1. The van der Waals surface area contributed by atoms with Crippen molar-refractivity contribution in [3.63, 3.8) is 0 Å². The van der Waals surface area contributed by atoms with Crippen LogP contribution in [0.25, 0.3) is 0 Å². The van der Waals surface area contributed by atoms with Crippen LogP contribution in [0.5, 0.6) is 0 Å². The Balaban J connectivity index is 0.000000152. The topological polar surface area (TPSA) is 129 Å². The van der Waals surface area contributed by atoms with Crippen LogP contribution in [0.15, 0.2) is 23.0 Å². The Bertz CT molecular complexity index is 2700. The Morgan fingerprint density at radius 2 is 0.720 bits per heavy atom. The summed E-state index contributed by atoms with van der Waals surface area (Å²) in [6, 6.07) is 0. The van der Waals surface area contributed by atoms with E-state index >= 15 is 0 Å². The SMILES string of the molecule is CC(C)(C)c1nc(Br)nc(C2CC2)c1F.CC(C)(C)c1nc(Br)nc(F)c1C1CC1.CC(C)(C)c1nc(C2CC2)nc(F)c1Br.CC(C)(C)c1nc(F)nc(Br)c1C1CC1.CC(C)(C)c1nc(F)nc(C2CC2)c1Br. The van der Waals surface area contributed by atoms with Gasteiger partial charge in [-0.1, -0.05) is 104 Å². The number of rotatable bonds is 5. The highest BCUT2D eigenvalue weighted by Crippen LogP contribution is 2.48. The van der Waals surface area contributed by atoms with Crippen LogP contribution < -0.4 is 0 Å². The molecule has 10 rings (SSSR count).